The molecule has 3 fully saturated rings. The van der Waals surface area contributed by atoms with Gasteiger partial charge in [-0.1, -0.05) is 0 Å². The molecule has 0 spiro atoms. The molecular weight excluding hydrogens is 234 g/mol. The van der Waals surface area contributed by atoms with Crippen LogP contribution in [0.2, 0.25) is 0 Å². The van der Waals surface area contributed by atoms with E-state index in [2.05, 4.69) is 42.5 Å². The topological polar surface area (TPSA) is 9.72 Å². The summed E-state index contributed by atoms with van der Waals surface area (Å²) in [4.78, 5) is 7.97. The van der Waals surface area contributed by atoms with E-state index in [0.29, 0.717) is 5.54 Å². The van der Waals surface area contributed by atoms with Crippen molar-refractivity contribution in [2.24, 2.45) is 11.8 Å². The number of rotatable bonds is 1. The third-order valence-electron chi connectivity index (χ3n) is 5.69. The van der Waals surface area contributed by atoms with Gasteiger partial charge in [-0.25, -0.2) is 0 Å². The van der Waals surface area contributed by atoms with Crippen molar-refractivity contribution in [1.82, 2.24) is 14.7 Å². The summed E-state index contributed by atoms with van der Waals surface area (Å²) in [6, 6.07) is 0.894. The lowest BCUT2D eigenvalue weighted by Crippen LogP contribution is -2.55. The van der Waals surface area contributed by atoms with Gasteiger partial charge in [-0.2, -0.15) is 0 Å². The van der Waals surface area contributed by atoms with E-state index < -0.39 is 0 Å². The summed E-state index contributed by atoms with van der Waals surface area (Å²) >= 11 is 0. The van der Waals surface area contributed by atoms with Gasteiger partial charge < -0.3 is 4.90 Å². The zero-order valence-electron chi connectivity index (χ0n) is 13.2. The summed E-state index contributed by atoms with van der Waals surface area (Å²) in [5.74, 6) is 1.99. The third-order valence-corrected chi connectivity index (χ3v) is 5.69. The van der Waals surface area contributed by atoms with Gasteiger partial charge in [0.05, 0.1) is 0 Å². The number of hydrogen-bond donors (Lipinski definition) is 0. The van der Waals surface area contributed by atoms with Crippen LogP contribution in [0.1, 0.15) is 33.6 Å². The molecule has 2 atom stereocenters. The summed E-state index contributed by atoms with van der Waals surface area (Å²) in [5.41, 5.74) is 0.348. The highest BCUT2D eigenvalue weighted by molar-refractivity contribution is 4.96. The fraction of sp³-hybridized carbons (Fsp3) is 1.00. The Labute approximate surface area is 118 Å². The normalized spacial score (nSPS) is 38.8. The van der Waals surface area contributed by atoms with Crippen LogP contribution in [0.15, 0.2) is 0 Å². The molecular formula is C16H31N3. The maximum Gasteiger partial charge on any atom is 0.0126 e. The van der Waals surface area contributed by atoms with Crippen molar-refractivity contribution in [3.8, 4) is 0 Å². The van der Waals surface area contributed by atoms with Crippen LogP contribution in [0.25, 0.3) is 0 Å². The molecule has 3 aliphatic rings. The number of nitrogens with zero attached hydrogens (tertiary/aromatic N) is 3. The maximum atomic E-state index is 2.79. The first-order valence-corrected chi connectivity index (χ1v) is 8.11. The quantitative estimate of drug-likeness (QED) is 0.715. The molecule has 3 rings (SSSR count). The van der Waals surface area contributed by atoms with Gasteiger partial charge in [0.1, 0.15) is 0 Å². The lowest BCUT2D eigenvalue weighted by Gasteiger charge is -2.44. The SMILES string of the molecule is CN1CC2CC(N3CCN(C(C)(C)C)CC3)CC2C1. The molecule has 1 saturated carbocycles. The van der Waals surface area contributed by atoms with E-state index in [1.807, 2.05) is 0 Å². The highest BCUT2D eigenvalue weighted by Gasteiger charge is 2.42. The van der Waals surface area contributed by atoms with Gasteiger partial charge in [0.15, 0.2) is 0 Å². The van der Waals surface area contributed by atoms with E-state index in [1.165, 1.54) is 52.1 Å². The van der Waals surface area contributed by atoms with Crippen LogP contribution in [-0.2, 0) is 0 Å². The van der Waals surface area contributed by atoms with Crippen LogP contribution in [-0.4, -0.2) is 72.6 Å². The Hall–Kier alpha value is -0.120. The summed E-state index contributed by atoms with van der Waals surface area (Å²) < 4.78 is 0. The van der Waals surface area contributed by atoms with Crippen LogP contribution < -0.4 is 0 Å². The Morgan fingerprint density at radius 3 is 1.84 bits per heavy atom. The molecule has 1 aliphatic carbocycles. The van der Waals surface area contributed by atoms with Crippen LogP contribution >= 0.6 is 0 Å². The molecule has 0 aromatic heterocycles. The standard InChI is InChI=1S/C16H31N3/c1-16(2,3)19-7-5-18(6-8-19)15-9-13-11-17(4)12-14(13)10-15/h13-15H,5-12H2,1-4H3. The number of fused-ring (bicyclic) bond motifs is 1. The average Bonchev–Trinajstić information content (AvgIpc) is 2.85. The molecule has 0 radical (unpaired) electrons. The number of hydrogen-bond acceptors (Lipinski definition) is 3. The third kappa shape index (κ3) is 2.84. The van der Waals surface area contributed by atoms with Gasteiger partial charge in [0.25, 0.3) is 0 Å². The Kier molecular flexibility index (Phi) is 3.65. The second-order valence-corrected chi connectivity index (χ2v) is 8.06. The lowest BCUT2D eigenvalue weighted by atomic mass is 10.0. The van der Waals surface area contributed by atoms with Gasteiger partial charge in [-0.05, 0) is 52.5 Å². The molecule has 2 saturated heterocycles. The molecule has 2 unspecified atom stereocenters. The van der Waals surface area contributed by atoms with Gasteiger partial charge in [-0.3, -0.25) is 9.80 Å². The second kappa shape index (κ2) is 5.01. The molecule has 110 valence electrons. The highest BCUT2D eigenvalue weighted by atomic mass is 15.3. The molecule has 0 bridgehead atoms. The molecule has 2 heterocycles. The summed E-state index contributed by atoms with van der Waals surface area (Å²) in [7, 11) is 2.29. The average molecular weight is 265 g/mol. The number of piperazine rings is 1. The van der Waals surface area contributed by atoms with Crippen molar-refractivity contribution >= 4 is 0 Å². The monoisotopic (exact) mass is 265 g/mol. The molecule has 0 aromatic rings. The smallest absolute Gasteiger partial charge is 0.0126 e. The van der Waals surface area contributed by atoms with Crippen molar-refractivity contribution < 1.29 is 0 Å². The van der Waals surface area contributed by atoms with Crippen molar-refractivity contribution in [3.63, 3.8) is 0 Å². The maximum absolute atomic E-state index is 2.79. The van der Waals surface area contributed by atoms with Crippen LogP contribution in [0, 0.1) is 11.8 Å². The van der Waals surface area contributed by atoms with Crippen molar-refractivity contribution in [1.29, 1.82) is 0 Å². The van der Waals surface area contributed by atoms with Gasteiger partial charge in [-0.15, -0.1) is 0 Å². The van der Waals surface area contributed by atoms with E-state index in [4.69, 9.17) is 0 Å². The first kappa shape index (κ1) is 13.8. The predicted octanol–water partition coefficient (Wildman–Crippen LogP) is 1.74. The van der Waals surface area contributed by atoms with Crippen LogP contribution in [0.3, 0.4) is 0 Å². The zero-order valence-corrected chi connectivity index (χ0v) is 13.2. The van der Waals surface area contributed by atoms with E-state index in [1.54, 1.807) is 0 Å². The first-order chi connectivity index (χ1) is 8.93. The number of likely N-dealkylation sites (tertiary alicyclic amines) is 1. The molecule has 2 aliphatic heterocycles. The van der Waals surface area contributed by atoms with E-state index in [-0.39, 0.29) is 0 Å². The summed E-state index contributed by atoms with van der Waals surface area (Å²) in [5, 5.41) is 0. The van der Waals surface area contributed by atoms with Gasteiger partial charge >= 0.3 is 0 Å². The summed E-state index contributed by atoms with van der Waals surface area (Å²) in [6.07, 6.45) is 2.93. The Balaban J connectivity index is 1.51. The minimum Gasteiger partial charge on any atom is -0.306 e. The minimum absolute atomic E-state index is 0.348. The highest BCUT2D eigenvalue weighted by Crippen LogP contribution is 2.40. The van der Waals surface area contributed by atoms with Crippen molar-refractivity contribution in [2.45, 2.75) is 45.2 Å². The van der Waals surface area contributed by atoms with Crippen molar-refractivity contribution in [2.75, 3.05) is 46.3 Å². The Morgan fingerprint density at radius 2 is 1.37 bits per heavy atom. The molecule has 0 N–H and O–H groups in total. The van der Waals surface area contributed by atoms with Gasteiger partial charge in [0, 0.05) is 50.8 Å². The summed E-state index contributed by atoms with van der Waals surface area (Å²) in [6.45, 7) is 14.8. The largest absolute Gasteiger partial charge is 0.306 e. The van der Waals surface area contributed by atoms with Crippen LogP contribution in [0.4, 0.5) is 0 Å². The minimum atomic E-state index is 0.348. The second-order valence-electron chi connectivity index (χ2n) is 8.06. The molecule has 0 aromatic carbocycles. The molecule has 3 heteroatoms. The van der Waals surface area contributed by atoms with Crippen LogP contribution in [0.5, 0.6) is 0 Å². The zero-order chi connectivity index (χ0) is 13.6. The molecule has 3 nitrogen and oxygen atoms in total. The lowest BCUT2D eigenvalue weighted by molar-refractivity contribution is 0.0409. The van der Waals surface area contributed by atoms with Gasteiger partial charge in [0.2, 0.25) is 0 Å². The van der Waals surface area contributed by atoms with E-state index in [9.17, 15) is 0 Å². The predicted molar refractivity (Wildman–Crippen MR) is 80.4 cm³/mol. The van der Waals surface area contributed by atoms with E-state index in [0.717, 1.165) is 17.9 Å². The fourth-order valence-corrected chi connectivity index (χ4v) is 4.56. The van der Waals surface area contributed by atoms with E-state index >= 15 is 0 Å². The molecule has 19 heavy (non-hydrogen) atoms. The van der Waals surface area contributed by atoms with Crippen molar-refractivity contribution in [3.05, 3.63) is 0 Å². The Morgan fingerprint density at radius 1 is 0.842 bits per heavy atom. The Bertz CT molecular complexity index is 300. The molecule has 0 amide bonds. The fourth-order valence-electron chi connectivity index (χ4n) is 4.56. The first-order valence-electron chi connectivity index (χ1n) is 8.11.